The van der Waals surface area contributed by atoms with Crippen LogP contribution in [-0.2, 0) is 10.8 Å². The molecule has 0 nitrogen and oxygen atoms in total. The van der Waals surface area contributed by atoms with Crippen molar-refractivity contribution in [3.05, 3.63) is 265 Å². The Bertz CT molecular complexity index is 4550. The highest BCUT2D eigenvalue weighted by atomic mass is 32.2. The van der Waals surface area contributed by atoms with E-state index >= 15 is 0 Å². The van der Waals surface area contributed by atoms with E-state index in [1.807, 2.05) is 47.0 Å². The van der Waals surface area contributed by atoms with Gasteiger partial charge in [0.1, 0.15) is 0 Å². The SMILES string of the molecule is Cc1cc(C)c(C2=c3cc4c(cc3Sc3cc(C(C)(C)C)ccc32)=C(c2c(C)cc(C)cc2C)c2cc3c(cc2S4)Sc2cc4c(cc2=C3c2c(C)cc(C)cc2C)Sc2ccc(C(C)(C)C)cc2C=4c2c(C)cc(C)cc2C)c(C)c1. The largest absolute Gasteiger partial charge is 0.0888 e. The summed E-state index contributed by atoms with van der Waals surface area (Å²) < 4.78 is 0. The molecule has 4 aliphatic heterocycles. The Labute approximate surface area is 504 Å². The molecule has 0 N–H and O–H groups in total. The van der Waals surface area contributed by atoms with Crippen molar-refractivity contribution in [1.29, 1.82) is 0 Å². The fourth-order valence-corrected chi connectivity index (χ4v) is 18.9. The molecule has 0 aliphatic carbocycles. The van der Waals surface area contributed by atoms with Crippen molar-refractivity contribution in [3.63, 3.8) is 0 Å². The summed E-state index contributed by atoms with van der Waals surface area (Å²) in [5.41, 5.74) is 34.6. The van der Waals surface area contributed by atoms with Gasteiger partial charge in [0.15, 0.2) is 0 Å². The summed E-state index contributed by atoms with van der Waals surface area (Å²) in [6, 6.07) is 49.2. The van der Waals surface area contributed by atoms with Crippen molar-refractivity contribution in [1.82, 2.24) is 0 Å². The summed E-state index contributed by atoms with van der Waals surface area (Å²) >= 11 is 7.85. The topological polar surface area (TPSA) is 0 Å². The molecule has 0 unspecified atom stereocenters. The van der Waals surface area contributed by atoms with E-state index < -0.39 is 0 Å². The summed E-state index contributed by atoms with van der Waals surface area (Å²) in [6.07, 6.45) is 0. The van der Waals surface area contributed by atoms with Crippen LogP contribution < -0.4 is 20.9 Å². The summed E-state index contributed by atoms with van der Waals surface area (Å²) in [7, 11) is 0. The molecule has 4 aliphatic rings. The third-order valence-corrected chi connectivity index (χ3v) is 22.2. The third kappa shape index (κ3) is 9.07. The van der Waals surface area contributed by atoms with E-state index in [0.29, 0.717) is 0 Å². The molecule has 0 aromatic heterocycles. The predicted octanol–water partition coefficient (Wildman–Crippen LogP) is 18.8. The van der Waals surface area contributed by atoms with Crippen molar-refractivity contribution < 1.29 is 0 Å². The second kappa shape index (κ2) is 19.7. The van der Waals surface area contributed by atoms with Crippen molar-refractivity contribution in [2.75, 3.05) is 0 Å². The average molecular weight is 1140 g/mol. The Balaban J connectivity index is 1.14. The van der Waals surface area contributed by atoms with E-state index in [2.05, 4.69) is 246 Å². The maximum Gasteiger partial charge on any atom is 0.0213 e. The van der Waals surface area contributed by atoms with E-state index in [0.717, 1.165) is 0 Å². The second-order valence-electron chi connectivity index (χ2n) is 26.5. The Morgan fingerprint density at radius 2 is 0.500 bits per heavy atom. The first-order valence-corrected chi connectivity index (χ1v) is 32.5. The minimum Gasteiger partial charge on any atom is -0.0888 e. The zero-order valence-electron chi connectivity index (χ0n) is 51.2. The van der Waals surface area contributed by atoms with Gasteiger partial charge in [0.25, 0.3) is 0 Å². The summed E-state index contributed by atoms with van der Waals surface area (Å²) in [5.74, 6) is 0. The first-order valence-electron chi connectivity index (χ1n) is 29.2. The van der Waals surface area contributed by atoms with Crippen LogP contribution in [0.25, 0.3) is 22.3 Å². The predicted molar refractivity (Wildman–Crippen MR) is 354 cm³/mol. The zero-order chi connectivity index (χ0) is 57.9. The third-order valence-electron chi connectivity index (χ3n) is 17.7. The van der Waals surface area contributed by atoms with Gasteiger partial charge in [0, 0.05) is 39.2 Å². The molecule has 9 aromatic rings. The highest BCUT2D eigenvalue weighted by Gasteiger charge is 2.33. The Hall–Kier alpha value is -6.14. The van der Waals surface area contributed by atoms with Gasteiger partial charge >= 0.3 is 0 Å². The van der Waals surface area contributed by atoms with Crippen LogP contribution in [-0.4, -0.2) is 0 Å². The summed E-state index contributed by atoms with van der Waals surface area (Å²) in [4.78, 5) is 10.5. The standard InChI is InChI=1S/C78H74S4/c1-39-23-43(5)69(44(6)24-39)73-53-21-19-52(78(16,17)18)32-62(53)80-64-37-60-65(34-57(64)73)81-67-38-68-55(33-56(67)76(60)72-49(11)29-42(4)30-50(72)12)75(71-47(9)27-41(3)28-48(71)10)59-35-63-58(36-66(59)82-68)74(70-45(7)25-40(2)26-46(70)8)54-31-51(77(13,14)15)20-22-61(54)79-63/h19-38H,1-18H3. The quantitative estimate of drug-likeness (QED) is 0.172. The van der Waals surface area contributed by atoms with Crippen molar-refractivity contribution >= 4 is 69.3 Å². The van der Waals surface area contributed by atoms with Gasteiger partial charge in [-0.05, 0) is 292 Å². The van der Waals surface area contributed by atoms with Gasteiger partial charge in [-0.25, -0.2) is 0 Å². The molecular weight excluding hydrogens is 1070 g/mol. The van der Waals surface area contributed by atoms with E-state index in [1.54, 1.807) is 0 Å². The van der Waals surface area contributed by atoms with E-state index in [1.165, 1.54) is 205 Å². The maximum absolute atomic E-state index is 2.62. The van der Waals surface area contributed by atoms with Gasteiger partial charge in [-0.3, -0.25) is 0 Å². The lowest BCUT2D eigenvalue weighted by Crippen LogP contribution is -2.27. The number of benzene rings is 9. The summed E-state index contributed by atoms with van der Waals surface area (Å²) in [6.45, 7) is 41.6. The van der Waals surface area contributed by atoms with Crippen molar-refractivity contribution in [2.24, 2.45) is 0 Å². The molecule has 0 saturated heterocycles. The van der Waals surface area contributed by atoms with E-state index in [4.69, 9.17) is 0 Å². The lowest BCUT2D eigenvalue weighted by Gasteiger charge is -2.30. The maximum atomic E-state index is 2.62. The van der Waals surface area contributed by atoms with Crippen LogP contribution in [0.3, 0.4) is 0 Å². The number of hydrogen-bond acceptors (Lipinski definition) is 4. The molecule has 0 fully saturated rings. The van der Waals surface area contributed by atoms with Gasteiger partial charge in [-0.15, -0.1) is 0 Å². The van der Waals surface area contributed by atoms with Crippen LogP contribution in [0.15, 0.2) is 160 Å². The average Bonchev–Trinajstić information content (AvgIpc) is 1.88. The smallest absolute Gasteiger partial charge is 0.0213 e. The van der Waals surface area contributed by atoms with Crippen molar-refractivity contribution in [3.8, 4) is 0 Å². The number of fused-ring (bicyclic) bond motifs is 8. The minimum absolute atomic E-state index is 0.0111. The van der Waals surface area contributed by atoms with Crippen LogP contribution in [0.5, 0.6) is 0 Å². The second-order valence-corrected chi connectivity index (χ2v) is 30.8. The van der Waals surface area contributed by atoms with Gasteiger partial charge in [-0.1, -0.05) is 178 Å². The first-order chi connectivity index (χ1) is 38.8. The first kappa shape index (κ1) is 55.1. The molecule has 0 amide bonds. The fraction of sp³-hybridized carbons (Fsp3) is 0.256. The monoisotopic (exact) mass is 1140 g/mol. The van der Waals surface area contributed by atoms with Gasteiger partial charge in [-0.2, -0.15) is 0 Å². The molecule has 0 spiro atoms. The van der Waals surface area contributed by atoms with Crippen LogP contribution in [0.1, 0.15) is 164 Å². The van der Waals surface area contributed by atoms with Crippen LogP contribution in [0.2, 0.25) is 0 Å². The summed E-state index contributed by atoms with van der Waals surface area (Å²) in [5, 5.41) is 5.30. The molecule has 13 rings (SSSR count). The fourth-order valence-electron chi connectivity index (χ4n) is 14.3. The lowest BCUT2D eigenvalue weighted by atomic mass is 9.82. The molecule has 82 heavy (non-hydrogen) atoms. The molecular formula is C78H74S4. The van der Waals surface area contributed by atoms with Crippen LogP contribution in [0.4, 0.5) is 0 Å². The molecule has 9 aromatic carbocycles. The normalized spacial score (nSPS) is 14.2. The molecule has 4 heterocycles. The Kier molecular flexibility index (Phi) is 13.3. The Morgan fingerprint density at radius 1 is 0.232 bits per heavy atom. The molecule has 0 bridgehead atoms. The lowest BCUT2D eigenvalue weighted by molar-refractivity contribution is 0.588. The molecule has 0 saturated carbocycles. The van der Waals surface area contributed by atoms with Gasteiger partial charge < -0.3 is 0 Å². The van der Waals surface area contributed by atoms with Crippen LogP contribution >= 0.6 is 47.0 Å². The minimum atomic E-state index is 0.0111. The molecule has 0 atom stereocenters. The highest BCUT2D eigenvalue weighted by Crippen LogP contribution is 2.51. The number of hydrogen-bond donors (Lipinski definition) is 0. The van der Waals surface area contributed by atoms with E-state index in [9.17, 15) is 0 Å². The zero-order valence-corrected chi connectivity index (χ0v) is 54.4. The molecule has 410 valence electrons. The molecule has 0 radical (unpaired) electrons. The number of aryl methyl sites for hydroxylation is 12. The Morgan fingerprint density at radius 3 is 0.829 bits per heavy atom. The highest BCUT2D eigenvalue weighted by molar-refractivity contribution is 8.00. The number of rotatable bonds is 4. The van der Waals surface area contributed by atoms with Gasteiger partial charge in [0.2, 0.25) is 0 Å². The van der Waals surface area contributed by atoms with E-state index in [-0.39, 0.29) is 10.8 Å². The van der Waals surface area contributed by atoms with Gasteiger partial charge in [0.05, 0.1) is 0 Å². The molecule has 4 heteroatoms. The van der Waals surface area contributed by atoms with Crippen LogP contribution in [0, 0.1) is 83.1 Å². The van der Waals surface area contributed by atoms with Crippen molar-refractivity contribution in [2.45, 2.75) is 175 Å².